The SMILES string of the molecule is C=N/C(=N\C(=N/Cc1ccc(-c2ccccc2)cc1)c1ccccc1)c1cccc(-c2ccc3c(c2)Cc2ccccc2-3)c1. The van der Waals surface area contributed by atoms with Crippen LogP contribution in [0.1, 0.15) is 27.8 Å². The standard InChI is InChI=1S/C41H31N3/c1-42-40(36-17-10-16-33(25-36)34-23-24-39-37(26-34)27-35-15-8-9-18-38(35)39)44-41(32-13-6-3-7-14-32)43-28-29-19-21-31(22-20-29)30-11-4-2-5-12-30/h2-26H,1,27-28H2/b43-41-,44-40-. The summed E-state index contributed by atoms with van der Waals surface area (Å²) in [5, 5.41) is 0. The lowest BCUT2D eigenvalue weighted by Gasteiger charge is -2.09. The third-order valence-corrected chi connectivity index (χ3v) is 8.11. The lowest BCUT2D eigenvalue weighted by Crippen LogP contribution is -2.05. The molecular formula is C41H31N3. The third-order valence-electron chi connectivity index (χ3n) is 8.11. The summed E-state index contributed by atoms with van der Waals surface area (Å²) in [5.74, 6) is 1.17. The van der Waals surface area contributed by atoms with Crippen molar-refractivity contribution in [2.45, 2.75) is 13.0 Å². The molecule has 44 heavy (non-hydrogen) atoms. The second-order valence-electron chi connectivity index (χ2n) is 10.9. The maximum absolute atomic E-state index is 4.97. The number of nitrogens with zero attached hydrogens (tertiary/aromatic N) is 3. The van der Waals surface area contributed by atoms with E-state index in [2.05, 4.69) is 121 Å². The first-order chi connectivity index (χ1) is 21.7. The molecule has 0 aromatic heterocycles. The zero-order valence-corrected chi connectivity index (χ0v) is 24.4. The Morgan fingerprint density at radius 1 is 0.500 bits per heavy atom. The van der Waals surface area contributed by atoms with Gasteiger partial charge in [-0.2, -0.15) is 0 Å². The maximum atomic E-state index is 4.97. The lowest BCUT2D eigenvalue weighted by atomic mass is 9.98. The van der Waals surface area contributed by atoms with Gasteiger partial charge in [-0.25, -0.2) is 9.98 Å². The Morgan fingerprint density at radius 2 is 1.11 bits per heavy atom. The molecule has 0 amide bonds. The van der Waals surface area contributed by atoms with E-state index in [0.717, 1.165) is 28.7 Å². The van der Waals surface area contributed by atoms with Gasteiger partial charge in [-0.05, 0) is 69.3 Å². The van der Waals surface area contributed by atoms with Gasteiger partial charge in [-0.15, -0.1) is 0 Å². The quantitative estimate of drug-likeness (QED) is 0.142. The predicted octanol–water partition coefficient (Wildman–Crippen LogP) is 9.69. The largest absolute Gasteiger partial charge is 0.261 e. The number of fused-ring (bicyclic) bond motifs is 3. The zero-order valence-electron chi connectivity index (χ0n) is 24.4. The fourth-order valence-corrected chi connectivity index (χ4v) is 5.83. The van der Waals surface area contributed by atoms with Crippen LogP contribution in [0.2, 0.25) is 0 Å². The van der Waals surface area contributed by atoms with Crippen molar-refractivity contribution in [2.24, 2.45) is 15.0 Å². The molecule has 1 aliphatic rings. The molecule has 3 nitrogen and oxygen atoms in total. The molecule has 1 aliphatic carbocycles. The van der Waals surface area contributed by atoms with Crippen LogP contribution in [0.4, 0.5) is 0 Å². The van der Waals surface area contributed by atoms with Crippen LogP contribution in [0.15, 0.2) is 167 Å². The molecule has 0 atom stereocenters. The number of benzene rings is 6. The van der Waals surface area contributed by atoms with E-state index in [1.807, 2.05) is 42.5 Å². The highest BCUT2D eigenvalue weighted by Gasteiger charge is 2.18. The molecule has 0 saturated carbocycles. The van der Waals surface area contributed by atoms with E-state index in [4.69, 9.17) is 9.98 Å². The van der Waals surface area contributed by atoms with Crippen molar-refractivity contribution in [3.05, 3.63) is 179 Å². The molecule has 0 aliphatic heterocycles. The van der Waals surface area contributed by atoms with Crippen LogP contribution in [0.25, 0.3) is 33.4 Å². The Morgan fingerprint density at radius 3 is 1.91 bits per heavy atom. The molecular weight excluding hydrogens is 534 g/mol. The van der Waals surface area contributed by atoms with E-state index in [1.165, 1.54) is 38.9 Å². The molecule has 0 heterocycles. The van der Waals surface area contributed by atoms with Gasteiger partial charge in [0.1, 0.15) is 0 Å². The van der Waals surface area contributed by atoms with Crippen LogP contribution in [-0.4, -0.2) is 18.4 Å². The first kappa shape index (κ1) is 27.2. The van der Waals surface area contributed by atoms with Gasteiger partial charge in [-0.1, -0.05) is 146 Å². The number of hydrogen-bond acceptors (Lipinski definition) is 1. The highest BCUT2D eigenvalue weighted by atomic mass is 15.0. The summed E-state index contributed by atoms with van der Waals surface area (Å²) in [4.78, 5) is 14.3. The second-order valence-corrected chi connectivity index (χ2v) is 10.9. The summed E-state index contributed by atoms with van der Waals surface area (Å²) in [5.41, 5.74) is 13.0. The van der Waals surface area contributed by atoms with Crippen LogP contribution < -0.4 is 0 Å². The lowest BCUT2D eigenvalue weighted by molar-refractivity contribution is 1.06. The molecule has 0 fully saturated rings. The minimum atomic E-state index is 0.505. The average molecular weight is 566 g/mol. The topological polar surface area (TPSA) is 37.1 Å². The van der Waals surface area contributed by atoms with Crippen molar-refractivity contribution in [2.75, 3.05) is 0 Å². The highest BCUT2D eigenvalue weighted by molar-refractivity contribution is 6.13. The fraction of sp³-hybridized carbons (Fsp3) is 0.0488. The number of aliphatic imine (C=N–C) groups is 3. The molecule has 3 heteroatoms. The summed E-state index contributed by atoms with van der Waals surface area (Å²) < 4.78 is 0. The van der Waals surface area contributed by atoms with Crippen molar-refractivity contribution < 1.29 is 0 Å². The van der Waals surface area contributed by atoms with E-state index < -0.39 is 0 Å². The van der Waals surface area contributed by atoms with Gasteiger partial charge in [0.25, 0.3) is 0 Å². The van der Waals surface area contributed by atoms with Crippen LogP contribution in [0, 0.1) is 0 Å². The van der Waals surface area contributed by atoms with Gasteiger partial charge >= 0.3 is 0 Å². The minimum absolute atomic E-state index is 0.505. The Bertz CT molecular complexity index is 2000. The van der Waals surface area contributed by atoms with E-state index in [-0.39, 0.29) is 0 Å². The molecule has 6 aromatic carbocycles. The fourth-order valence-electron chi connectivity index (χ4n) is 5.83. The summed E-state index contributed by atoms with van der Waals surface area (Å²) in [7, 11) is 0. The van der Waals surface area contributed by atoms with E-state index in [0.29, 0.717) is 18.2 Å². The molecule has 6 aromatic rings. The van der Waals surface area contributed by atoms with Gasteiger partial charge in [0.2, 0.25) is 0 Å². The Kier molecular flexibility index (Phi) is 7.59. The summed E-state index contributed by atoms with van der Waals surface area (Å²) in [6, 6.07) is 52.8. The predicted molar refractivity (Wildman–Crippen MR) is 185 cm³/mol. The summed E-state index contributed by atoms with van der Waals surface area (Å²) in [6.07, 6.45) is 0.964. The van der Waals surface area contributed by atoms with Gasteiger partial charge in [-0.3, -0.25) is 4.99 Å². The molecule has 7 rings (SSSR count). The van der Waals surface area contributed by atoms with E-state index in [9.17, 15) is 0 Å². The number of rotatable bonds is 6. The van der Waals surface area contributed by atoms with Crippen molar-refractivity contribution in [1.29, 1.82) is 0 Å². The monoisotopic (exact) mass is 565 g/mol. The molecule has 0 radical (unpaired) electrons. The average Bonchev–Trinajstić information content (AvgIpc) is 3.47. The van der Waals surface area contributed by atoms with Crippen LogP contribution >= 0.6 is 0 Å². The maximum Gasteiger partial charge on any atom is 0.161 e. The Labute approximate surface area is 258 Å². The zero-order chi connectivity index (χ0) is 29.7. The van der Waals surface area contributed by atoms with Gasteiger partial charge in [0.15, 0.2) is 11.7 Å². The van der Waals surface area contributed by atoms with Gasteiger partial charge in [0.05, 0.1) is 6.54 Å². The summed E-state index contributed by atoms with van der Waals surface area (Å²) >= 11 is 0. The normalized spacial score (nSPS) is 12.5. The minimum Gasteiger partial charge on any atom is -0.261 e. The number of amidine groups is 2. The first-order valence-corrected chi connectivity index (χ1v) is 14.9. The van der Waals surface area contributed by atoms with Crippen LogP contribution in [0.3, 0.4) is 0 Å². The Hall–Kier alpha value is -5.67. The molecule has 0 N–H and O–H groups in total. The smallest absolute Gasteiger partial charge is 0.161 e. The molecule has 0 saturated heterocycles. The van der Waals surface area contributed by atoms with E-state index >= 15 is 0 Å². The van der Waals surface area contributed by atoms with Crippen LogP contribution in [0.5, 0.6) is 0 Å². The molecule has 0 bridgehead atoms. The Balaban J connectivity index is 1.18. The van der Waals surface area contributed by atoms with E-state index in [1.54, 1.807) is 0 Å². The third kappa shape index (κ3) is 5.68. The summed E-state index contributed by atoms with van der Waals surface area (Å²) in [6.45, 7) is 4.38. The van der Waals surface area contributed by atoms with Crippen molar-refractivity contribution in [3.63, 3.8) is 0 Å². The molecule has 0 unspecified atom stereocenters. The second kappa shape index (κ2) is 12.3. The van der Waals surface area contributed by atoms with Gasteiger partial charge < -0.3 is 0 Å². The van der Waals surface area contributed by atoms with Crippen molar-refractivity contribution >= 4 is 18.4 Å². The van der Waals surface area contributed by atoms with Crippen molar-refractivity contribution in [1.82, 2.24) is 0 Å². The van der Waals surface area contributed by atoms with Crippen molar-refractivity contribution in [3.8, 4) is 33.4 Å². The highest BCUT2D eigenvalue weighted by Crippen LogP contribution is 2.38. The molecule has 0 spiro atoms. The molecule has 210 valence electrons. The van der Waals surface area contributed by atoms with Gasteiger partial charge in [0, 0.05) is 11.1 Å². The number of hydrogen-bond donors (Lipinski definition) is 0. The van der Waals surface area contributed by atoms with Crippen LogP contribution in [-0.2, 0) is 13.0 Å². The first-order valence-electron chi connectivity index (χ1n) is 14.9.